The molecule has 2 amide bonds. The fraction of sp³-hybridized carbons (Fsp3) is 0.355. The monoisotopic (exact) mass is 549 g/mol. The normalized spacial score (nSPS) is 12.2. The number of amides is 2. The van der Waals surface area contributed by atoms with E-state index in [2.05, 4.69) is 5.32 Å². The van der Waals surface area contributed by atoms with Crippen LogP contribution in [0.2, 0.25) is 0 Å². The topological polar surface area (TPSA) is 86.8 Å². The van der Waals surface area contributed by atoms with Crippen LogP contribution in [0.4, 0.5) is 5.69 Å². The molecule has 1 atom stereocenters. The Morgan fingerprint density at radius 3 is 2.08 bits per heavy atom. The van der Waals surface area contributed by atoms with Gasteiger partial charge in [-0.15, -0.1) is 0 Å². The average Bonchev–Trinajstić information content (AvgIpc) is 2.92. The second-order valence-electron chi connectivity index (χ2n) is 10.2. The third-order valence-electron chi connectivity index (χ3n) is 6.60. The molecule has 3 aromatic rings. The maximum Gasteiger partial charge on any atom is 0.264 e. The van der Waals surface area contributed by atoms with Crippen LogP contribution in [0.5, 0.6) is 0 Å². The lowest BCUT2D eigenvalue weighted by atomic mass is 10.1. The van der Waals surface area contributed by atoms with Crippen molar-refractivity contribution in [2.45, 2.75) is 58.5 Å². The molecule has 0 aromatic heterocycles. The fourth-order valence-corrected chi connectivity index (χ4v) is 5.71. The highest BCUT2D eigenvalue weighted by Crippen LogP contribution is 2.25. The highest BCUT2D eigenvalue weighted by molar-refractivity contribution is 7.92. The van der Waals surface area contributed by atoms with Crippen molar-refractivity contribution < 1.29 is 18.0 Å². The number of anilines is 1. The fourth-order valence-electron chi connectivity index (χ4n) is 4.27. The van der Waals surface area contributed by atoms with Gasteiger partial charge in [-0.05, 0) is 61.6 Å². The van der Waals surface area contributed by atoms with Crippen molar-refractivity contribution in [3.63, 3.8) is 0 Å². The quantitative estimate of drug-likeness (QED) is 0.341. The van der Waals surface area contributed by atoms with E-state index in [-0.39, 0.29) is 23.3 Å². The summed E-state index contributed by atoms with van der Waals surface area (Å²) >= 11 is 0. The molecule has 0 heterocycles. The minimum atomic E-state index is -4.07. The summed E-state index contributed by atoms with van der Waals surface area (Å²) in [5.41, 5.74) is 3.23. The second-order valence-corrected chi connectivity index (χ2v) is 12.0. The van der Waals surface area contributed by atoms with Gasteiger partial charge in [0.15, 0.2) is 0 Å². The third kappa shape index (κ3) is 7.69. The first-order chi connectivity index (χ1) is 18.5. The Bertz CT molecular complexity index is 1360. The van der Waals surface area contributed by atoms with Gasteiger partial charge < -0.3 is 10.2 Å². The number of nitrogens with one attached hydrogen (secondary N) is 1. The van der Waals surface area contributed by atoms with E-state index in [1.54, 1.807) is 30.3 Å². The van der Waals surface area contributed by atoms with Gasteiger partial charge in [-0.1, -0.05) is 80.9 Å². The maximum absolute atomic E-state index is 14.1. The number of rotatable bonds is 12. The van der Waals surface area contributed by atoms with E-state index in [0.29, 0.717) is 18.7 Å². The highest BCUT2D eigenvalue weighted by atomic mass is 32.2. The average molecular weight is 550 g/mol. The summed E-state index contributed by atoms with van der Waals surface area (Å²) < 4.78 is 28.8. The molecule has 3 aromatic carbocycles. The van der Waals surface area contributed by atoms with Gasteiger partial charge in [0.25, 0.3) is 10.0 Å². The minimum Gasteiger partial charge on any atom is -0.354 e. The molecular weight excluding hydrogens is 510 g/mol. The third-order valence-corrected chi connectivity index (χ3v) is 8.39. The van der Waals surface area contributed by atoms with Crippen LogP contribution in [0.15, 0.2) is 83.8 Å². The van der Waals surface area contributed by atoms with Crippen LogP contribution < -0.4 is 9.62 Å². The Labute approximate surface area is 232 Å². The Kier molecular flexibility index (Phi) is 10.3. The van der Waals surface area contributed by atoms with Gasteiger partial charge in [0.05, 0.1) is 10.6 Å². The number of carbonyl (C=O) groups excluding carboxylic acids is 2. The predicted molar refractivity (Wildman–Crippen MR) is 156 cm³/mol. The maximum atomic E-state index is 14.1. The first kappa shape index (κ1) is 29.9. The molecule has 0 unspecified atom stereocenters. The number of hydrogen-bond donors (Lipinski definition) is 1. The van der Waals surface area contributed by atoms with Gasteiger partial charge in [-0.3, -0.25) is 13.9 Å². The zero-order chi connectivity index (χ0) is 28.6. The van der Waals surface area contributed by atoms with Crippen molar-refractivity contribution in [2.75, 3.05) is 17.4 Å². The minimum absolute atomic E-state index is 0.0885. The Morgan fingerprint density at radius 2 is 1.49 bits per heavy atom. The molecule has 0 bridgehead atoms. The standard InChI is InChI=1S/C31H39N3O4S/c1-6-29(31(36)32-20-23(2)3)33(21-26-13-11-10-12-25(26)5)30(35)22-34(27-18-16-24(4)17-19-27)39(37,38)28-14-8-7-9-15-28/h7-19,23,29H,6,20-22H2,1-5H3,(H,32,36)/t29-/m0/s1. The van der Waals surface area contributed by atoms with Gasteiger partial charge in [0.2, 0.25) is 11.8 Å². The summed E-state index contributed by atoms with van der Waals surface area (Å²) in [5, 5.41) is 2.95. The molecule has 3 rings (SSSR count). The van der Waals surface area contributed by atoms with E-state index in [1.807, 2.05) is 71.0 Å². The Balaban J connectivity index is 2.04. The largest absolute Gasteiger partial charge is 0.354 e. The summed E-state index contributed by atoms with van der Waals surface area (Å²) in [6, 6.07) is 22.0. The first-order valence-electron chi connectivity index (χ1n) is 13.3. The van der Waals surface area contributed by atoms with Crippen LogP contribution in [0.3, 0.4) is 0 Å². The summed E-state index contributed by atoms with van der Waals surface area (Å²) in [6.07, 6.45) is 0.386. The Morgan fingerprint density at radius 1 is 0.872 bits per heavy atom. The van der Waals surface area contributed by atoms with Crippen molar-refractivity contribution >= 4 is 27.5 Å². The van der Waals surface area contributed by atoms with Crippen LogP contribution in [0.1, 0.15) is 43.9 Å². The molecule has 0 saturated heterocycles. The van der Waals surface area contributed by atoms with E-state index >= 15 is 0 Å². The zero-order valence-electron chi connectivity index (χ0n) is 23.4. The number of hydrogen-bond acceptors (Lipinski definition) is 4. The smallest absolute Gasteiger partial charge is 0.264 e. The van der Waals surface area contributed by atoms with Crippen molar-refractivity contribution in [3.05, 3.63) is 95.6 Å². The number of benzene rings is 3. The molecule has 0 saturated carbocycles. The molecule has 0 aliphatic rings. The van der Waals surface area contributed by atoms with Gasteiger partial charge >= 0.3 is 0 Å². The van der Waals surface area contributed by atoms with Crippen LogP contribution in [-0.2, 0) is 26.2 Å². The summed E-state index contributed by atoms with van der Waals surface area (Å²) in [5.74, 6) is -0.453. The van der Waals surface area contributed by atoms with Crippen LogP contribution in [0.25, 0.3) is 0 Å². The number of aryl methyl sites for hydroxylation is 2. The predicted octanol–water partition coefficient (Wildman–Crippen LogP) is 5.08. The van der Waals surface area contributed by atoms with Gasteiger partial charge in [-0.2, -0.15) is 0 Å². The highest BCUT2D eigenvalue weighted by Gasteiger charge is 2.33. The molecule has 0 spiro atoms. The lowest BCUT2D eigenvalue weighted by Crippen LogP contribution is -2.52. The van der Waals surface area contributed by atoms with Crippen molar-refractivity contribution in [1.29, 1.82) is 0 Å². The number of sulfonamides is 1. The first-order valence-corrected chi connectivity index (χ1v) is 14.7. The second kappa shape index (κ2) is 13.4. The van der Waals surface area contributed by atoms with E-state index in [0.717, 1.165) is 21.0 Å². The van der Waals surface area contributed by atoms with E-state index in [4.69, 9.17) is 0 Å². The van der Waals surface area contributed by atoms with Crippen LogP contribution in [-0.4, -0.2) is 44.3 Å². The SMILES string of the molecule is CC[C@@H](C(=O)NCC(C)C)N(Cc1ccccc1C)C(=O)CN(c1ccc(C)cc1)S(=O)(=O)c1ccccc1. The summed E-state index contributed by atoms with van der Waals surface area (Å²) in [7, 11) is -4.07. The molecule has 0 radical (unpaired) electrons. The van der Waals surface area contributed by atoms with E-state index in [1.165, 1.54) is 17.0 Å². The van der Waals surface area contributed by atoms with Crippen LogP contribution in [0, 0.1) is 19.8 Å². The van der Waals surface area contributed by atoms with Gasteiger partial charge in [0.1, 0.15) is 12.6 Å². The van der Waals surface area contributed by atoms with E-state index in [9.17, 15) is 18.0 Å². The number of nitrogens with zero attached hydrogens (tertiary/aromatic N) is 2. The molecule has 8 heteroatoms. The van der Waals surface area contributed by atoms with E-state index < -0.39 is 28.5 Å². The van der Waals surface area contributed by atoms with Crippen molar-refractivity contribution in [3.8, 4) is 0 Å². The van der Waals surface area contributed by atoms with Gasteiger partial charge in [0, 0.05) is 13.1 Å². The molecule has 1 N–H and O–H groups in total. The summed E-state index contributed by atoms with van der Waals surface area (Å²) in [4.78, 5) is 28.9. The Hall–Kier alpha value is -3.65. The molecule has 208 valence electrons. The number of carbonyl (C=O) groups is 2. The lowest BCUT2D eigenvalue weighted by Gasteiger charge is -2.33. The molecule has 39 heavy (non-hydrogen) atoms. The molecule has 0 aliphatic carbocycles. The molecular formula is C31H39N3O4S. The summed E-state index contributed by atoms with van der Waals surface area (Å²) in [6.45, 7) is 9.96. The molecule has 0 aliphatic heterocycles. The van der Waals surface area contributed by atoms with Crippen molar-refractivity contribution in [2.24, 2.45) is 5.92 Å². The lowest BCUT2D eigenvalue weighted by molar-refractivity contribution is -0.140. The molecule has 7 nitrogen and oxygen atoms in total. The molecule has 0 fully saturated rings. The van der Waals surface area contributed by atoms with Crippen LogP contribution >= 0.6 is 0 Å². The van der Waals surface area contributed by atoms with Gasteiger partial charge in [-0.25, -0.2) is 8.42 Å². The zero-order valence-corrected chi connectivity index (χ0v) is 24.2. The van der Waals surface area contributed by atoms with Crippen molar-refractivity contribution in [1.82, 2.24) is 10.2 Å².